The standard InChI is InChI=1S/C28H35FN2O3S.ClH/c1-35(33,34)27-11-8-23-14-17-31(18-15-24(23)20-27)16-13-21-5-9-26(10-6-21)30-28(32)12-7-22-3-2-4-25(29)19-22;/h2-4,7-8,11-12,19-21,26H,5-6,9-10,13-18H2,1H3,(H,30,32);1H/b12-7+;. The van der Waals surface area contributed by atoms with Crippen LogP contribution >= 0.6 is 12.4 Å². The molecule has 1 fully saturated rings. The summed E-state index contributed by atoms with van der Waals surface area (Å²) >= 11 is 0. The lowest BCUT2D eigenvalue weighted by Gasteiger charge is -2.30. The van der Waals surface area contributed by atoms with Crippen LogP contribution in [0.5, 0.6) is 0 Å². The average Bonchev–Trinajstić information content (AvgIpc) is 3.04. The molecule has 1 aliphatic carbocycles. The number of benzene rings is 2. The van der Waals surface area contributed by atoms with Crippen LogP contribution in [0.2, 0.25) is 0 Å². The third-order valence-corrected chi connectivity index (χ3v) is 8.43. The molecular formula is C28H36ClFN2O3S. The zero-order valence-corrected chi connectivity index (χ0v) is 22.4. The molecule has 1 N–H and O–H groups in total. The first-order chi connectivity index (χ1) is 16.8. The van der Waals surface area contributed by atoms with E-state index in [4.69, 9.17) is 0 Å². The van der Waals surface area contributed by atoms with Gasteiger partial charge in [0.15, 0.2) is 9.84 Å². The molecular weight excluding hydrogens is 499 g/mol. The van der Waals surface area contributed by atoms with Gasteiger partial charge in [0.05, 0.1) is 4.90 Å². The van der Waals surface area contributed by atoms with Crippen molar-refractivity contribution >= 4 is 34.2 Å². The largest absolute Gasteiger partial charge is 0.350 e. The highest BCUT2D eigenvalue weighted by molar-refractivity contribution is 7.90. The number of rotatable bonds is 7. The zero-order chi connectivity index (χ0) is 24.8. The van der Waals surface area contributed by atoms with Crippen molar-refractivity contribution in [3.05, 3.63) is 71.0 Å². The number of hydrogen-bond donors (Lipinski definition) is 1. The molecule has 0 spiro atoms. The molecule has 0 radical (unpaired) electrons. The summed E-state index contributed by atoms with van der Waals surface area (Å²) in [5.74, 6) is 0.242. The minimum Gasteiger partial charge on any atom is -0.350 e. The maximum absolute atomic E-state index is 13.3. The van der Waals surface area contributed by atoms with Crippen molar-refractivity contribution in [2.24, 2.45) is 5.92 Å². The molecule has 1 saturated carbocycles. The Balaban J connectivity index is 0.00000361. The van der Waals surface area contributed by atoms with E-state index in [1.54, 1.807) is 24.3 Å². The fraction of sp³-hybridized carbons (Fsp3) is 0.464. The Kier molecular flexibility index (Phi) is 10.1. The van der Waals surface area contributed by atoms with E-state index in [1.807, 2.05) is 12.1 Å². The van der Waals surface area contributed by atoms with Crippen LogP contribution in [0.15, 0.2) is 53.4 Å². The maximum atomic E-state index is 13.3. The number of sulfone groups is 1. The number of nitrogens with one attached hydrogen (secondary N) is 1. The molecule has 2 aromatic carbocycles. The van der Waals surface area contributed by atoms with Crippen LogP contribution in [-0.4, -0.2) is 51.2 Å². The topological polar surface area (TPSA) is 66.5 Å². The number of nitrogens with zero attached hydrogens (tertiary/aromatic N) is 1. The lowest BCUT2D eigenvalue weighted by atomic mass is 9.84. The van der Waals surface area contributed by atoms with Gasteiger partial charge in [-0.15, -0.1) is 12.4 Å². The van der Waals surface area contributed by atoms with Crippen LogP contribution in [0.4, 0.5) is 4.39 Å². The monoisotopic (exact) mass is 534 g/mol. The highest BCUT2D eigenvalue weighted by Crippen LogP contribution is 2.28. The van der Waals surface area contributed by atoms with E-state index in [-0.39, 0.29) is 30.2 Å². The average molecular weight is 535 g/mol. The van der Waals surface area contributed by atoms with E-state index in [0.29, 0.717) is 16.4 Å². The van der Waals surface area contributed by atoms with E-state index >= 15 is 0 Å². The van der Waals surface area contributed by atoms with Gasteiger partial charge in [0.2, 0.25) is 5.91 Å². The zero-order valence-electron chi connectivity index (χ0n) is 20.8. The number of halogens is 2. The summed E-state index contributed by atoms with van der Waals surface area (Å²) in [6.45, 7) is 3.03. The molecule has 0 aromatic heterocycles. The maximum Gasteiger partial charge on any atom is 0.244 e. The van der Waals surface area contributed by atoms with Gasteiger partial charge in [0.1, 0.15) is 5.82 Å². The first-order valence-electron chi connectivity index (χ1n) is 12.5. The van der Waals surface area contributed by atoms with Gasteiger partial charge in [0, 0.05) is 31.5 Å². The lowest BCUT2D eigenvalue weighted by molar-refractivity contribution is -0.117. The smallest absolute Gasteiger partial charge is 0.244 e. The molecule has 1 amide bonds. The molecule has 0 atom stereocenters. The Morgan fingerprint density at radius 3 is 2.47 bits per heavy atom. The predicted molar refractivity (Wildman–Crippen MR) is 145 cm³/mol. The highest BCUT2D eigenvalue weighted by Gasteiger charge is 2.23. The molecule has 2 aromatic rings. The Hall–Kier alpha value is -2.22. The van der Waals surface area contributed by atoms with Gasteiger partial charge >= 0.3 is 0 Å². The fourth-order valence-corrected chi connectivity index (χ4v) is 5.87. The van der Waals surface area contributed by atoms with Crippen molar-refractivity contribution < 1.29 is 17.6 Å². The number of carbonyl (C=O) groups is 1. The number of hydrogen-bond acceptors (Lipinski definition) is 4. The van der Waals surface area contributed by atoms with Gasteiger partial charge in [-0.05, 0) is 104 Å². The summed E-state index contributed by atoms with van der Waals surface area (Å²) in [5, 5.41) is 3.09. The molecule has 0 unspecified atom stereocenters. The molecule has 2 aliphatic rings. The van der Waals surface area contributed by atoms with Crippen LogP contribution in [-0.2, 0) is 27.5 Å². The molecule has 4 rings (SSSR count). The van der Waals surface area contributed by atoms with Crippen LogP contribution in [0.1, 0.15) is 48.8 Å². The van der Waals surface area contributed by atoms with Crippen molar-refractivity contribution in [3.63, 3.8) is 0 Å². The Morgan fingerprint density at radius 2 is 1.78 bits per heavy atom. The fourth-order valence-electron chi connectivity index (χ4n) is 5.19. The summed E-state index contributed by atoms with van der Waals surface area (Å²) < 4.78 is 37.0. The molecule has 1 heterocycles. The summed E-state index contributed by atoms with van der Waals surface area (Å²) in [6, 6.07) is 12.0. The number of carbonyl (C=O) groups excluding carboxylic acids is 1. The van der Waals surface area contributed by atoms with Crippen molar-refractivity contribution in [2.45, 2.75) is 55.9 Å². The third kappa shape index (κ3) is 8.15. The van der Waals surface area contributed by atoms with E-state index < -0.39 is 9.84 Å². The molecule has 36 heavy (non-hydrogen) atoms. The van der Waals surface area contributed by atoms with Gasteiger partial charge in [-0.2, -0.15) is 0 Å². The van der Waals surface area contributed by atoms with Crippen LogP contribution in [0.3, 0.4) is 0 Å². The summed E-state index contributed by atoms with van der Waals surface area (Å²) in [6.07, 6.45) is 11.6. The number of fused-ring (bicyclic) bond motifs is 1. The first-order valence-corrected chi connectivity index (χ1v) is 14.4. The normalized spacial score (nSPS) is 20.8. The SMILES string of the molecule is CS(=O)(=O)c1ccc2c(c1)CCN(CCC1CCC(NC(=O)/C=C/c3cccc(F)c3)CC1)CC2.Cl. The molecule has 196 valence electrons. The summed E-state index contributed by atoms with van der Waals surface area (Å²) in [7, 11) is -3.17. The second kappa shape index (κ2) is 12.8. The Labute approximate surface area is 220 Å². The second-order valence-corrected chi connectivity index (χ2v) is 12.0. The molecule has 5 nitrogen and oxygen atoms in total. The minimum absolute atomic E-state index is 0. The second-order valence-electron chi connectivity index (χ2n) is 9.95. The van der Waals surface area contributed by atoms with E-state index in [1.165, 1.54) is 30.0 Å². The van der Waals surface area contributed by atoms with Gasteiger partial charge in [-0.3, -0.25) is 4.79 Å². The number of amides is 1. The third-order valence-electron chi connectivity index (χ3n) is 7.32. The predicted octanol–water partition coefficient (Wildman–Crippen LogP) is 4.83. The van der Waals surface area contributed by atoms with Gasteiger partial charge in [0.25, 0.3) is 0 Å². The first kappa shape index (κ1) is 28.4. The van der Waals surface area contributed by atoms with Gasteiger partial charge in [-0.1, -0.05) is 18.2 Å². The van der Waals surface area contributed by atoms with Crippen molar-refractivity contribution in [1.82, 2.24) is 10.2 Å². The summed E-state index contributed by atoms with van der Waals surface area (Å²) in [4.78, 5) is 15.2. The molecule has 1 aliphatic heterocycles. The lowest BCUT2D eigenvalue weighted by Crippen LogP contribution is -2.37. The van der Waals surface area contributed by atoms with Crippen LogP contribution < -0.4 is 5.32 Å². The van der Waals surface area contributed by atoms with Crippen LogP contribution in [0, 0.1) is 11.7 Å². The summed E-state index contributed by atoms with van der Waals surface area (Å²) in [5.41, 5.74) is 3.11. The van der Waals surface area contributed by atoms with E-state index in [9.17, 15) is 17.6 Å². The van der Waals surface area contributed by atoms with Gasteiger partial charge in [-0.25, -0.2) is 12.8 Å². The van der Waals surface area contributed by atoms with Crippen molar-refractivity contribution in [3.8, 4) is 0 Å². The Morgan fingerprint density at radius 1 is 1.06 bits per heavy atom. The van der Waals surface area contributed by atoms with E-state index in [2.05, 4.69) is 10.2 Å². The molecule has 0 bridgehead atoms. The van der Waals surface area contributed by atoms with Crippen molar-refractivity contribution in [1.29, 1.82) is 0 Å². The highest BCUT2D eigenvalue weighted by atomic mass is 35.5. The quantitative estimate of drug-likeness (QED) is 0.517. The Bertz CT molecular complexity index is 1180. The van der Waals surface area contributed by atoms with E-state index in [0.717, 1.165) is 70.1 Å². The molecule has 0 saturated heterocycles. The minimum atomic E-state index is -3.17. The van der Waals surface area contributed by atoms with Crippen molar-refractivity contribution in [2.75, 3.05) is 25.9 Å². The van der Waals surface area contributed by atoms with Gasteiger partial charge < -0.3 is 10.2 Å². The molecule has 8 heteroatoms. The van der Waals surface area contributed by atoms with Crippen LogP contribution in [0.25, 0.3) is 6.08 Å².